The second-order valence-corrected chi connectivity index (χ2v) is 6.11. The van der Waals surface area contributed by atoms with Crippen molar-refractivity contribution in [2.24, 2.45) is 11.8 Å². The van der Waals surface area contributed by atoms with Crippen molar-refractivity contribution in [3.05, 3.63) is 29.8 Å². The van der Waals surface area contributed by atoms with Gasteiger partial charge in [0.2, 0.25) is 5.91 Å². The molecule has 1 fully saturated rings. The molecular weight excluding hydrogens is 248 g/mol. The highest BCUT2D eigenvalue weighted by atomic mass is 16.1. The first-order chi connectivity index (χ1) is 9.52. The van der Waals surface area contributed by atoms with Gasteiger partial charge in [-0.2, -0.15) is 0 Å². The molecule has 1 aromatic carbocycles. The van der Waals surface area contributed by atoms with Crippen LogP contribution in [0.1, 0.15) is 51.5 Å². The Kier molecular flexibility index (Phi) is 4.69. The number of carbonyl (C=O) groups is 1. The van der Waals surface area contributed by atoms with E-state index in [1.54, 1.807) is 0 Å². The lowest BCUT2D eigenvalue weighted by Crippen LogP contribution is -2.39. The Bertz CT molecular complexity index is 472. The molecule has 2 rings (SSSR count). The minimum atomic E-state index is -0.147. The lowest BCUT2D eigenvalue weighted by atomic mass is 9.93. The van der Waals surface area contributed by atoms with E-state index >= 15 is 0 Å². The standard InChI is InChI=1S/C17H26N2O/c1-4-13-8-9-16(11(13)2)19-17(20)12(3)14-6-5-7-15(18)10-14/h5-7,10-13,16H,4,8-9,18H2,1-3H3,(H,19,20). The molecule has 1 saturated carbocycles. The highest BCUT2D eigenvalue weighted by Crippen LogP contribution is 2.34. The van der Waals surface area contributed by atoms with E-state index in [4.69, 9.17) is 5.73 Å². The van der Waals surface area contributed by atoms with Crippen molar-refractivity contribution in [3.63, 3.8) is 0 Å². The van der Waals surface area contributed by atoms with Crippen LogP contribution in [0.5, 0.6) is 0 Å². The molecular formula is C17H26N2O. The largest absolute Gasteiger partial charge is 0.399 e. The van der Waals surface area contributed by atoms with Crippen LogP contribution in [-0.2, 0) is 4.79 Å². The molecule has 0 saturated heterocycles. The Morgan fingerprint density at radius 1 is 1.45 bits per heavy atom. The van der Waals surface area contributed by atoms with E-state index in [1.165, 1.54) is 12.8 Å². The molecule has 1 aliphatic rings. The predicted octanol–water partition coefficient (Wildman–Crippen LogP) is 3.31. The molecule has 0 aliphatic heterocycles. The van der Waals surface area contributed by atoms with Crippen LogP contribution < -0.4 is 11.1 Å². The number of benzene rings is 1. The van der Waals surface area contributed by atoms with Crippen LogP contribution in [0.3, 0.4) is 0 Å². The summed E-state index contributed by atoms with van der Waals surface area (Å²) in [5, 5.41) is 3.23. The van der Waals surface area contributed by atoms with E-state index in [1.807, 2.05) is 31.2 Å². The second-order valence-electron chi connectivity index (χ2n) is 6.11. The zero-order chi connectivity index (χ0) is 14.7. The van der Waals surface area contributed by atoms with Crippen LogP contribution in [0.15, 0.2) is 24.3 Å². The number of rotatable bonds is 4. The van der Waals surface area contributed by atoms with Crippen LogP contribution in [-0.4, -0.2) is 11.9 Å². The van der Waals surface area contributed by atoms with Gasteiger partial charge in [0.1, 0.15) is 0 Å². The topological polar surface area (TPSA) is 55.1 Å². The maximum absolute atomic E-state index is 12.4. The van der Waals surface area contributed by atoms with Crippen molar-refractivity contribution in [2.45, 2.75) is 52.0 Å². The third-order valence-corrected chi connectivity index (χ3v) is 4.88. The molecule has 0 bridgehead atoms. The lowest BCUT2D eigenvalue weighted by molar-refractivity contribution is -0.123. The quantitative estimate of drug-likeness (QED) is 0.828. The molecule has 110 valence electrons. The SMILES string of the molecule is CCC1CCC(NC(=O)C(C)c2cccc(N)c2)C1C. The number of hydrogen-bond donors (Lipinski definition) is 2. The molecule has 1 aliphatic carbocycles. The summed E-state index contributed by atoms with van der Waals surface area (Å²) in [4.78, 5) is 12.4. The van der Waals surface area contributed by atoms with Crippen LogP contribution in [0.25, 0.3) is 0 Å². The monoisotopic (exact) mass is 274 g/mol. The molecule has 3 nitrogen and oxygen atoms in total. The molecule has 0 aromatic heterocycles. The maximum atomic E-state index is 12.4. The lowest BCUT2D eigenvalue weighted by Gasteiger charge is -2.23. The Labute approximate surface area is 121 Å². The van der Waals surface area contributed by atoms with Gasteiger partial charge in [0.25, 0.3) is 0 Å². The molecule has 20 heavy (non-hydrogen) atoms. The zero-order valence-corrected chi connectivity index (χ0v) is 12.7. The molecule has 4 atom stereocenters. The number of hydrogen-bond acceptors (Lipinski definition) is 2. The van der Waals surface area contributed by atoms with E-state index in [0.29, 0.717) is 17.6 Å². The zero-order valence-electron chi connectivity index (χ0n) is 12.7. The van der Waals surface area contributed by atoms with Crippen molar-refractivity contribution < 1.29 is 4.79 Å². The van der Waals surface area contributed by atoms with Crippen LogP contribution >= 0.6 is 0 Å². The maximum Gasteiger partial charge on any atom is 0.227 e. The number of nitrogens with two attached hydrogens (primary N) is 1. The fourth-order valence-electron chi connectivity index (χ4n) is 3.31. The van der Waals surface area contributed by atoms with Gasteiger partial charge in [0.15, 0.2) is 0 Å². The van der Waals surface area contributed by atoms with Gasteiger partial charge < -0.3 is 11.1 Å². The Morgan fingerprint density at radius 3 is 2.80 bits per heavy atom. The summed E-state index contributed by atoms with van der Waals surface area (Å²) in [5.41, 5.74) is 7.48. The third-order valence-electron chi connectivity index (χ3n) is 4.88. The summed E-state index contributed by atoms with van der Waals surface area (Å²) in [6.07, 6.45) is 3.54. The third kappa shape index (κ3) is 3.14. The van der Waals surface area contributed by atoms with E-state index in [0.717, 1.165) is 17.9 Å². The minimum absolute atomic E-state index is 0.115. The van der Waals surface area contributed by atoms with Gasteiger partial charge in [-0.05, 0) is 49.3 Å². The number of amides is 1. The van der Waals surface area contributed by atoms with Gasteiger partial charge in [-0.3, -0.25) is 4.79 Å². The molecule has 0 spiro atoms. The van der Waals surface area contributed by atoms with Crippen molar-refractivity contribution in [1.29, 1.82) is 0 Å². The van der Waals surface area contributed by atoms with E-state index in [2.05, 4.69) is 19.2 Å². The fraction of sp³-hybridized carbons (Fsp3) is 0.588. The normalized spacial score (nSPS) is 27.2. The van der Waals surface area contributed by atoms with Gasteiger partial charge in [-0.25, -0.2) is 0 Å². The van der Waals surface area contributed by atoms with Gasteiger partial charge in [-0.15, -0.1) is 0 Å². The molecule has 3 N–H and O–H groups in total. The van der Waals surface area contributed by atoms with Crippen molar-refractivity contribution in [3.8, 4) is 0 Å². The van der Waals surface area contributed by atoms with Gasteiger partial charge in [0, 0.05) is 11.7 Å². The number of carbonyl (C=O) groups excluding carboxylic acids is 1. The van der Waals surface area contributed by atoms with E-state index in [9.17, 15) is 4.79 Å². The summed E-state index contributed by atoms with van der Waals surface area (Å²) in [6.45, 7) is 6.44. The highest BCUT2D eigenvalue weighted by Gasteiger charge is 2.33. The van der Waals surface area contributed by atoms with Gasteiger partial charge in [0.05, 0.1) is 5.92 Å². The van der Waals surface area contributed by atoms with Gasteiger partial charge >= 0.3 is 0 Å². The summed E-state index contributed by atoms with van der Waals surface area (Å²) >= 11 is 0. The average molecular weight is 274 g/mol. The second kappa shape index (κ2) is 6.29. The van der Waals surface area contributed by atoms with E-state index in [-0.39, 0.29) is 11.8 Å². The molecule has 3 heteroatoms. The van der Waals surface area contributed by atoms with Crippen LogP contribution in [0.2, 0.25) is 0 Å². The fourth-order valence-corrected chi connectivity index (χ4v) is 3.31. The molecule has 4 unspecified atom stereocenters. The number of nitrogens with one attached hydrogen (secondary N) is 1. The molecule has 1 amide bonds. The summed E-state index contributed by atoms with van der Waals surface area (Å²) in [6, 6.07) is 7.93. The van der Waals surface area contributed by atoms with Crippen LogP contribution in [0, 0.1) is 11.8 Å². The van der Waals surface area contributed by atoms with Crippen molar-refractivity contribution >= 4 is 11.6 Å². The molecule has 1 aromatic rings. The van der Waals surface area contributed by atoms with E-state index < -0.39 is 0 Å². The first kappa shape index (κ1) is 14.9. The Balaban J connectivity index is 1.98. The Hall–Kier alpha value is -1.51. The summed E-state index contributed by atoms with van der Waals surface area (Å²) in [7, 11) is 0. The Morgan fingerprint density at radius 2 is 2.20 bits per heavy atom. The first-order valence-electron chi connectivity index (χ1n) is 7.68. The predicted molar refractivity (Wildman–Crippen MR) is 83.4 cm³/mol. The van der Waals surface area contributed by atoms with Crippen molar-refractivity contribution in [1.82, 2.24) is 5.32 Å². The average Bonchev–Trinajstić information content (AvgIpc) is 2.78. The summed E-state index contributed by atoms with van der Waals surface area (Å²) < 4.78 is 0. The molecule has 0 radical (unpaired) electrons. The summed E-state index contributed by atoms with van der Waals surface area (Å²) in [5.74, 6) is 1.30. The first-order valence-corrected chi connectivity index (χ1v) is 7.68. The number of anilines is 1. The van der Waals surface area contributed by atoms with Crippen molar-refractivity contribution in [2.75, 3.05) is 5.73 Å². The van der Waals surface area contributed by atoms with Crippen LogP contribution in [0.4, 0.5) is 5.69 Å². The highest BCUT2D eigenvalue weighted by molar-refractivity contribution is 5.83. The minimum Gasteiger partial charge on any atom is -0.399 e. The number of nitrogen functional groups attached to an aromatic ring is 1. The molecule has 0 heterocycles. The van der Waals surface area contributed by atoms with Gasteiger partial charge in [-0.1, -0.05) is 32.4 Å². The smallest absolute Gasteiger partial charge is 0.227 e.